The molecule has 2 heterocycles. The van der Waals surface area contributed by atoms with Crippen LogP contribution in [0.15, 0.2) is 42.5 Å². The third-order valence-electron chi connectivity index (χ3n) is 6.46. The van der Waals surface area contributed by atoms with Crippen molar-refractivity contribution in [2.75, 3.05) is 63.3 Å². The van der Waals surface area contributed by atoms with Crippen molar-refractivity contribution in [3.8, 4) is 5.75 Å². The summed E-state index contributed by atoms with van der Waals surface area (Å²) in [5.74, 6) is 0.735. The minimum atomic E-state index is -4.51. The average molecular weight is 493 g/mol. The summed E-state index contributed by atoms with van der Waals surface area (Å²) in [6, 6.07) is 10.5. The molecule has 190 valence electrons. The van der Waals surface area contributed by atoms with Crippen LogP contribution in [-0.2, 0) is 10.9 Å². The first-order chi connectivity index (χ1) is 16.9. The molecule has 2 aliphatic heterocycles. The third-order valence-corrected chi connectivity index (χ3v) is 6.46. The largest absolute Gasteiger partial charge is 0.496 e. The fourth-order valence-electron chi connectivity index (χ4n) is 4.68. The van der Waals surface area contributed by atoms with Gasteiger partial charge >= 0.3 is 12.2 Å². The van der Waals surface area contributed by atoms with Gasteiger partial charge in [-0.2, -0.15) is 13.2 Å². The maximum Gasteiger partial charge on any atom is 0.416 e. The molecule has 4 rings (SSSR count). The topological polar surface area (TPSA) is 66.1 Å². The van der Waals surface area contributed by atoms with Gasteiger partial charge in [-0.3, -0.25) is 4.90 Å². The second-order valence-electron chi connectivity index (χ2n) is 8.66. The molecule has 2 N–H and O–H groups in total. The fraction of sp³-hybridized carbons (Fsp3) is 0.480. The van der Waals surface area contributed by atoms with Crippen LogP contribution in [0.3, 0.4) is 0 Å². The minimum Gasteiger partial charge on any atom is -0.496 e. The predicted molar refractivity (Wildman–Crippen MR) is 128 cm³/mol. The first-order valence-electron chi connectivity index (χ1n) is 11.8. The Hall–Kier alpha value is -2.98. The number of para-hydroxylation sites is 1. The van der Waals surface area contributed by atoms with Crippen LogP contribution in [0.2, 0.25) is 0 Å². The Morgan fingerprint density at radius 1 is 1.09 bits per heavy atom. The number of carbonyl (C=O) groups excluding carboxylic acids is 1. The molecular weight excluding hydrogens is 461 g/mol. The molecule has 7 nitrogen and oxygen atoms in total. The zero-order valence-corrected chi connectivity index (χ0v) is 19.7. The lowest BCUT2D eigenvalue weighted by Gasteiger charge is -2.31. The van der Waals surface area contributed by atoms with Crippen LogP contribution in [0.5, 0.6) is 5.75 Å². The van der Waals surface area contributed by atoms with Crippen LogP contribution in [0.25, 0.3) is 0 Å². The Bertz CT molecular complexity index is 1010. The number of morpholine rings is 1. The summed E-state index contributed by atoms with van der Waals surface area (Å²) in [4.78, 5) is 17.1. The number of likely N-dealkylation sites (tertiary alicyclic amines) is 1. The van der Waals surface area contributed by atoms with E-state index in [4.69, 9.17) is 9.47 Å². The molecule has 1 atom stereocenters. The summed E-state index contributed by atoms with van der Waals surface area (Å²) in [5, 5.41) is 5.54. The molecule has 35 heavy (non-hydrogen) atoms. The number of benzene rings is 2. The number of anilines is 2. The van der Waals surface area contributed by atoms with Crippen LogP contribution in [0, 0.1) is 0 Å². The highest BCUT2D eigenvalue weighted by Gasteiger charge is 2.32. The Balaban J connectivity index is 1.52. The highest BCUT2D eigenvalue weighted by Crippen LogP contribution is 2.36. The lowest BCUT2D eigenvalue weighted by molar-refractivity contribution is -0.137. The van der Waals surface area contributed by atoms with Crippen molar-refractivity contribution < 1.29 is 27.4 Å². The molecule has 0 bridgehead atoms. The fourth-order valence-corrected chi connectivity index (χ4v) is 4.68. The first-order valence-corrected chi connectivity index (χ1v) is 11.8. The molecule has 1 unspecified atom stereocenters. The zero-order chi connectivity index (χ0) is 24.8. The number of nitrogens with zero attached hydrogens (tertiary/aromatic N) is 2. The lowest BCUT2D eigenvalue weighted by Crippen LogP contribution is -2.40. The van der Waals surface area contributed by atoms with Crippen molar-refractivity contribution in [3.63, 3.8) is 0 Å². The number of nitrogens with one attached hydrogen (secondary N) is 2. The quantitative estimate of drug-likeness (QED) is 0.596. The van der Waals surface area contributed by atoms with Crippen molar-refractivity contribution in [1.29, 1.82) is 0 Å². The number of methoxy groups -OCH3 is 1. The summed E-state index contributed by atoms with van der Waals surface area (Å²) >= 11 is 0. The van der Waals surface area contributed by atoms with Gasteiger partial charge in [-0.1, -0.05) is 18.2 Å². The standard InChI is InChI=1S/C25H31F3N4O3/c1-34-23-7-3-2-6-19(23)22(31-10-4-5-11-31)17-29-24(33)30-20-16-18(25(26,27)28)8-9-21(20)32-12-14-35-15-13-32/h2-3,6-9,16,22H,4-5,10-15,17H2,1H3,(H2,29,30,33). The molecule has 0 radical (unpaired) electrons. The number of hydrogen-bond donors (Lipinski definition) is 2. The summed E-state index contributed by atoms with van der Waals surface area (Å²) in [5.41, 5.74) is 0.811. The summed E-state index contributed by atoms with van der Waals surface area (Å²) < 4.78 is 51.1. The number of hydrogen-bond acceptors (Lipinski definition) is 5. The van der Waals surface area contributed by atoms with Gasteiger partial charge in [0.25, 0.3) is 0 Å². The van der Waals surface area contributed by atoms with Crippen molar-refractivity contribution in [1.82, 2.24) is 10.2 Å². The van der Waals surface area contributed by atoms with Gasteiger partial charge in [0.1, 0.15) is 5.75 Å². The summed E-state index contributed by atoms with van der Waals surface area (Å²) in [6.45, 7) is 4.12. The maximum absolute atomic E-state index is 13.4. The molecule has 10 heteroatoms. The molecule has 2 aromatic carbocycles. The molecule has 0 aliphatic carbocycles. The van der Waals surface area contributed by atoms with Gasteiger partial charge in [0.2, 0.25) is 0 Å². The Morgan fingerprint density at radius 2 is 1.80 bits per heavy atom. The van der Waals surface area contributed by atoms with Crippen LogP contribution in [0.4, 0.5) is 29.3 Å². The average Bonchev–Trinajstić information content (AvgIpc) is 3.39. The number of urea groups is 1. The van der Waals surface area contributed by atoms with Crippen LogP contribution in [0.1, 0.15) is 30.0 Å². The van der Waals surface area contributed by atoms with Gasteiger partial charge in [-0.05, 0) is 50.2 Å². The van der Waals surface area contributed by atoms with Gasteiger partial charge in [-0.25, -0.2) is 4.79 Å². The van der Waals surface area contributed by atoms with E-state index in [0.29, 0.717) is 32.0 Å². The predicted octanol–water partition coefficient (Wildman–Crippen LogP) is 4.51. The summed E-state index contributed by atoms with van der Waals surface area (Å²) in [6.07, 6.45) is -2.36. The van der Waals surface area contributed by atoms with Crippen molar-refractivity contribution in [2.24, 2.45) is 0 Å². The number of alkyl halides is 3. The smallest absolute Gasteiger partial charge is 0.416 e. The Kier molecular flexibility index (Phi) is 8.02. The molecular formula is C25H31F3N4O3. The highest BCUT2D eigenvalue weighted by molar-refractivity contribution is 5.93. The van der Waals surface area contributed by atoms with E-state index in [1.807, 2.05) is 29.2 Å². The summed E-state index contributed by atoms with van der Waals surface area (Å²) in [7, 11) is 1.61. The monoisotopic (exact) mass is 492 g/mol. The van der Waals surface area contributed by atoms with Crippen molar-refractivity contribution in [3.05, 3.63) is 53.6 Å². The van der Waals surface area contributed by atoms with E-state index < -0.39 is 17.8 Å². The SMILES string of the molecule is COc1ccccc1C(CNC(=O)Nc1cc(C(F)(F)F)ccc1N1CCOCC1)N1CCCC1. The maximum atomic E-state index is 13.4. The second kappa shape index (κ2) is 11.2. The van der Waals surface area contributed by atoms with E-state index in [0.717, 1.165) is 49.4 Å². The van der Waals surface area contributed by atoms with E-state index in [1.54, 1.807) is 7.11 Å². The Morgan fingerprint density at radius 3 is 2.49 bits per heavy atom. The molecule has 2 amide bonds. The molecule has 0 spiro atoms. The number of amides is 2. The minimum absolute atomic E-state index is 0.111. The van der Waals surface area contributed by atoms with E-state index in [1.165, 1.54) is 6.07 Å². The molecule has 2 aromatic rings. The van der Waals surface area contributed by atoms with E-state index in [2.05, 4.69) is 15.5 Å². The third kappa shape index (κ3) is 6.18. The van der Waals surface area contributed by atoms with Crippen molar-refractivity contribution in [2.45, 2.75) is 25.1 Å². The lowest BCUT2D eigenvalue weighted by atomic mass is 10.0. The zero-order valence-electron chi connectivity index (χ0n) is 19.7. The highest BCUT2D eigenvalue weighted by atomic mass is 19.4. The second-order valence-corrected chi connectivity index (χ2v) is 8.66. The van der Waals surface area contributed by atoms with Gasteiger partial charge in [-0.15, -0.1) is 0 Å². The number of halogens is 3. The number of carbonyl (C=O) groups is 1. The molecule has 2 fully saturated rings. The number of rotatable bonds is 7. The molecule has 2 aliphatic rings. The Labute approximate surface area is 203 Å². The van der Waals surface area contributed by atoms with E-state index in [9.17, 15) is 18.0 Å². The van der Waals surface area contributed by atoms with Crippen LogP contribution < -0.4 is 20.3 Å². The molecule has 2 saturated heterocycles. The van der Waals surface area contributed by atoms with Gasteiger partial charge < -0.3 is 25.0 Å². The number of ether oxygens (including phenoxy) is 2. The molecule has 0 saturated carbocycles. The first kappa shape index (κ1) is 25.1. The van der Waals surface area contributed by atoms with E-state index >= 15 is 0 Å². The van der Waals surface area contributed by atoms with Crippen LogP contribution >= 0.6 is 0 Å². The van der Waals surface area contributed by atoms with E-state index in [-0.39, 0.29) is 18.3 Å². The van der Waals surface area contributed by atoms with Gasteiger partial charge in [0.05, 0.1) is 43.3 Å². The van der Waals surface area contributed by atoms with Crippen molar-refractivity contribution >= 4 is 17.4 Å². The normalized spacial score (nSPS) is 17.8. The molecule has 0 aromatic heterocycles. The van der Waals surface area contributed by atoms with Gasteiger partial charge in [0, 0.05) is 25.2 Å². The van der Waals surface area contributed by atoms with Crippen LogP contribution in [-0.4, -0.2) is 64.0 Å². The van der Waals surface area contributed by atoms with Gasteiger partial charge in [0.15, 0.2) is 0 Å².